The van der Waals surface area contributed by atoms with Crippen LogP contribution in [0.25, 0.3) is 10.8 Å². The van der Waals surface area contributed by atoms with Crippen molar-refractivity contribution in [2.75, 3.05) is 11.1 Å². The smallest absolute Gasteiger partial charge is 0.296 e. The molecule has 0 aliphatic carbocycles. The SMILES string of the molecule is CC(=O)C(N=Nc1ccc(N=Nc2c(S(=O)(=O)O)cc3cc(S(=O)(=O)O)c(N=Nc4cc(S(=O)(=O)O)ccc4S(=O)(=O)O)c(O)c3c2N)cc1)C(=O)Nc1ccccc1.[K].[Na]. The number of hydrogen-bond donors (Lipinski definition) is 7. The number of carbonyl (C=O) groups excluding carboxylic acids is 2. The maximum Gasteiger partial charge on any atom is 0.296 e. The van der Waals surface area contributed by atoms with E-state index in [1.165, 1.54) is 24.3 Å². The molecule has 0 spiro atoms. The number of amides is 1. The maximum absolute atomic E-state index is 12.6. The van der Waals surface area contributed by atoms with Gasteiger partial charge in [0.15, 0.2) is 11.5 Å². The minimum atomic E-state index is -5.44. The second kappa shape index (κ2) is 20.1. The molecule has 5 rings (SSSR count). The van der Waals surface area contributed by atoms with Gasteiger partial charge in [0, 0.05) is 86.6 Å². The van der Waals surface area contributed by atoms with Crippen LogP contribution in [0, 0.1) is 0 Å². The molecule has 0 saturated carbocycles. The van der Waals surface area contributed by atoms with Crippen molar-refractivity contribution in [3.8, 4) is 5.75 Å². The molecule has 0 heterocycles. The van der Waals surface area contributed by atoms with Crippen molar-refractivity contribution in [2.24, 2.45) is 30.7 Å². The molecule has 5 aromatic rings. The number of rotatable bonds is 13. The minimum absolute atomic E-state index is 0. The fourth-order valence-electron chi connectivity index (χ4n) is 5.03. The first-order valence-electron chi connectivity index (χ1n) is 15.7. The van der Waals surface area contributed by atoms with Crippen molar-refractivity contribution < 1.29 is 66.6 Å². The van der Waals surface area contributed by atoms with Crippen molar-refractivity contribution in [3.05, 3.63) is 84.9 Å². The molecule has 5 aromatic carbocycles. The molecule has 0 saturated heterocycles. The average molecular weight is 953 g/mol. The van der Waals surface area contributed by atoms with E-state index >= 15 is 0 Å². The molecule has 2 radical (unpaired) electrons. The van der Waals surface area contributed by atoms with Gasteiger partial charge in [-0.25, -0.2) is 0 Å². The molecule has 1 amide bonds. The number of carbonyl (C=O) groups is 2. The van der Waals surface area contributed by atoms with Gasteiger partial charge in [-0.15, -0.1) is 15.3 Å². The van der Waals surface area contributed by atoms with E-state index in [1.807, 2.05) is 0 Å². The molecule has 310 valence electrons. The number of nitrogens with one attached hydrogen (secondary N) is 1. The standard InChI is InChI=1S/C32H26N8O15S4.K.Na/c1-16(41)28(32(43)34-18-5-3-2-4-6-18)38-35-19-7-9-20(10-8-19)36-39-29-24(58(50,51)52)13-17-14-25(59(53,54)55)30(31(42)26(17)27(29)33)40-37-22-15-21(56(44,45)46)11-12-23(22)57(47,48)49;;/h2-15,28,42H,33H2,1H3,(H,34,43)(H,44,45,46)(H,47,48,49)(H,50,51,52)(H,53,54,55);;. The van der Waals surface area contributed by atoms with Gasteiger partial charge in [0.05, 0.1) is 27.3 Å². The predicted molar refractivity (Wildman–Crippen MR) is 216 cm³/mol. The van der Waals surface area contributed by atoms with Crippen molar-refractivity contribution in [1.29, 1.82) is 0 Å². The van der Waals surface area contributed by atoms with Crippen molar-refractivity contribution in [3.63, 3.8) is 0 Å². The number of hydrogen-bond acceptors (Lipinski definition) is 18. The van der Waals surface area contributed by atoms with E-state index < -0.39 is 117 Å². The number of nitrogens with zero attached hydrogens (tertiary/aromatic N) is 6. The van der Waals surface area contributed by atoms with Crippen LogP contribution in [0.5, 0.6) is 5.75 Å². The van der Waals surface area contributed by atoms with E-state index in [1.54, 1.807) is 30.3 Å². The molecule has 1 atom stereocenters. The second-order valence-corrected chi connectivity index (χ2v) is 17.4. The maximum atomic E-state index is 12.6. The zero-order valence-electron chi connectivity index (χ0n) is 31.4. The molecule has 0 fully saturated rings. The monoisotopic (exact) mass is 952 g/mol. The number of para-hydroxylation sites is 1. The summed E-state index contributed by atoms with van der Waals surface area (Å²) < 4.78 is 136. The molecule has 61 heavy (non-hydrogen) atoms. The Balaban J connectivity index is 0.00000496. The van der Waals surface area contributed by atoms with Gasteiger partial charge < -0.3 is 16.2 Å². The zero-order valence-corrected chi connectivity index (χ0v) is 39.8. The van der Waals surface area contributed by atoms with E-state index in [0.717, 1.165) is 6.92 Å². The number of aromatic hydroxyl groups is 1. The van der Waals surface area contributed by atoms with Crippen LogP contribution < -0.4 is 11.1 Å². The first-order chi connectivity index (χ1) is 27.4. The second-order valence-electron chi connectivity index (χ2n) is 11.8. The van der Waals surface area contributed by atoms with Crippen LogP contribution in [0.3, 0.4) is 0 Å². The Morgan fingerprint density at radius 1 is 0.639 bits per heavy atom. The third-order valence-corrected chi connectivity index (χ3v) is 11.2. The summed E-state index contributed by atoms with van der Waals surface area (Å²) >= 11 is 0. The van der Waals surface area contributed by atoms with Crippen LogP contribution in [0.4, 0.5) is 39.8 Å². The summed E-state index contributed by atoms with van der Waals surface area (Å²) in [5, 5.41) is 34.9. The Labute approximate surface area is 410 Å². The Kier molecular flexibility index (Phi) is 17.0. The molecule has 29 heteroatoms. The van der Waals surface area contributed by atoms with Crippen molar-refractivity contribution in [1.82, 2.24) is 0 Å². The number of fused-ring (bicyclic) bond motifs is 1. The zero-order chi connectivity index (χ0) is 43.7. The van der Waals surface area contributed by atoms with Gasteiger partial charge >= 0.3 is 0 Å². The van der Waals surface area contributed by atoms with Gasteiger partial charge in [-0.05, 0) is 79.0 Å². The third-order valence-electron chi connectivity index (χ3n) is 7.71. The van der Waals surface area contributed by atoms with Crippen molar-refractivity contribution >= 4 is 184 Å². The number of Topliss-reactive ketones (excluding diaryl/α,β-unsaturated/α-hetero) is 1. The van der Waals surface area contributed by atoms with Crippen LogP contribution in [-0.2, 0) is 50.1 Å². The summed E-state index contributed by atoms with van der Waals surface area (Å²) in [5.41, 5.74) is 2.88. The Morgan fingerprint density at radius 3 is 1.66 bits per heavy atom. The minimum Gasteiger partial charge on any atom is -0.505 e. The van der Waals surface area contributed by atoms with Gasteiger partial charge in [-0.1, -0.05) is 18.2 Å². The largest absolute Gasteiger partial charge is 0.505 e. The number of nitrogen functional groups attached to an aromatic ring is 1. The first-order valence-corrected chi connectivity index (χ1v) is 21.5. The topological polar surface area (TPSA) is 384 Å². The van der Waals surface area contributed by atoms with E-state index in [-0.39, 0.29) is 92.3 Å². The number of phenolic OH excluding ortho intramolecular Hbond substituents is 1. The summed E-state index contributed by atoms with van der Waals surface area (Å²) in [6.07, 6.45) is 0. The molecule has 8 N–H and O–H groups in total. The Morgan fingerprint density at radius 2 is 1.15 bits per heavy atom. The molecule has 23 nitrogen and oxygen atoms in total. The number of phenols is 1. The summed E-state index contributed by atoms with van der Waals surface area (Å²) in [6, 6.07) is 14.6. The van der Waals surface area contributed by atoms with E-state index in [2.05, 4.69) is 36.0 Å². The fourth-order valence-corrected chi connectivity index (χ4v) is 7.46. The summed E-state index contributed by atoms with van der Waals surface area (Å²) in [7, 11) is -20.9. The quantitative estimate of drug-likeness (QED) is 0.0272. The summed E-state index contributed by atoms with van der Waals surface area (Å²) in [4.78, 5) is 20.3. The predicted octanol–water partition coefficient (Wildman–Crippen LogP) is 4.86. The molecule has 0 bridgehead atoms. The van der Waals surface area contributed by atoms with Gasteiger partial charge in [-0.3, -0.25) is 27.8 Å². The summed E-state index contributed by atoms with van der Waals surface area (Å²) in [6.45, 7) is 1.15. The van der Waals surface area contributed by atoms with Crippen LogP contribution in [0.15, 0.2) is 135 Å². The van der Waals surface area contributed by atoms with E-state index in [4.69, 9.17) is 5.73 Å². The van der Waals surface area contributed by atoms with Crippen LogP contribution >= 0.6 is 0 Å². The fraction of sp³-hybridized carbons (Fsp3) is 0.0625. The van der Waals surface area contributed by atoms with E-state index in [0.29, 0.717) is 36.0 Å². The number of anilines is 2. The Hall–Kier alpha value is -3.82. The molecule has 0 aromatic heterocycles. The van der Waals surface area contributed by atoms with Crippen LogP contribution in [0.2, 0.25) is 0 Å². The van der Waals surface area contributed by atoms with Crippen LogP contribution in [0.1, 0.15) is 6.92 Å². The molecule has 1 unspecified atom stereocenters. The molecule has 0 aliphatic rings. The molecular formula is C32H26KN8NaO15S4. The van der Waals surface area contributed by atoms with Gasteiger partial charge in [0.25, 0.3) is 46.4 Å². The normalized spacial score (nSPS) is 12.9. The molecular weight excluding hydrogens is 927 g/mol. The third kappa shape index (κ3) is 12.6. The average Bonchev–Trinajstić information content (AvgIpc) is 3.13. The van der Waals surface area contributed by atoms with Crippen LogP contribution in [-0.4, -0.2) is 156 Å². The van der Waals surface area contributed by atoms with E-state index in [9.17, 15) is 66.6 Å². The molecule has 0 aliphatic heterocycles. The number of azo groups is 3. The number of nitrogens with two attached hydrogens (primary N) is 1. The van der Waals surface area contributed by atoms with Crippen molar-refractivity contribution in [2.45, 2.75) is 32.5 Å². The Bertz CT molecular complexity index is 3100. The van der Waals surface area contributed by atoms with Gasteiger partial charge in [-0.2, -0.15) is 49.0 Å². The first kappa shape index (κ1) is 51.5. The number of benzene rings is 5. The van der Waals surface area contributed by atoms with Gasteiger partial charge in [0.1, 0.15) is 31.7 Å². The van der Waals surface area contributed by atoms with Gasteiger partial charge in [0.2, 0.25) is 6.04 Å². The number of ketones is 1. The summed E-state index contributed by atoms with van der Waals surface area (Å²) in [5.74, 6) is -2.62.